The van der Waals surface area contributed by atoms with Crippen molar-refractivity contribution in [1.82, 2.24) is 0 Å². The molecule has 0 bridgehead atoms. The number of benzene rings is 1. The van der Waals surface area contributed by atoms with Crippen LogP contribution in [0.15, 0.2) is 6.07 Å². The Balaban J connectivity index is 2.49. The molecule has 0 unspecified atom stereocenters. The van der Waals surface area contributed by atoms with Crippen molar-refractivity contribution in [3.05, 3.63) is 22.2 Å². The largest absolute Gasteiger partial charge is 0.486 e. The van der Waals surface area contributed by atoms with Crippen LogP contribution in [0.3, 0.4) is 0 Å². The summed E-state index contributed by atoms with van der Waals surface area (Å²) in [6, 6.07) is 1.73. The van der Waals surface area contributed by atoms with E-state index in [1.807, 2.05) is 6.92 Å². The van der Waals surface area contributed by atoms with Gasteiger partial charge in [0.2, 0.25) is 0 Å². The first-order valence-electron chi connectivity index (χ1n) is 4.63. The highest BCUT2D eigenvalue weighted by atomic mass is 35.5. The van der Waals surface area contributed by atoms with Crippen molar-refractivity contribution in [3.8, 4) is 11.5 Å². The Morgan fingerprint density at radius 1 is 1.47 bits per heavy atom. The van der Waals surface area contributed by atoms with Gasteiger partial charge in [-0.15, -0.1) is 0 Å². The molecule has 1 aliphatic rings. The van der Waals surface area contributed by atoms with Crippen molar-refractivity contribution < 1.29 is 14.3 Å². The van der Waals surface area contributed by atoms with E-state index in [0.717, 1.165) is 16.9 Å². The summed E-state index contributed by atoms with van der Waals surface area (Å²) < 4.78 is 11.0. The Hall–Kier alpha value is -0.970. The standard InChI is InChI=1S/C10H12ClNO3/c1-6-7(5-15-12)8(11)4-9-10(6)14-3-2-13-9/h4H,2-3,5,12H2,1H3. The van der Waals surface area contributed by atoms with Gasteiger partial charge in [-0.05, 0) is 6.92 Å². The van der Waals surface area contributed by atoms with Crippen LogP contribution in [0.5, 0.6) is 11.5 Å². The normalized spacial score (nSPS) is 14.1. The predicted molar refractivity (Wildman–Crippen MR) is 56.2 cm³/mol. The molecular formula is C10H12ClNO3. The van der Waals surface area contributed by atoms with Crippen LogP contribution in [0, 0.1) is 6.92 Å². The summed E-state index contributed by atoms with van der Waals surface area (Å²) in [7, 11) is 0. The molecule has 0 saturated heterocycles. The first kappa shape index (κ1) is 10.5. The van der Waals surface area contributed by atoms with Crippen LogP contribution in [-0.2, 0) is 11.4 Å². The Morgan fingerprint density at radius 2 is 2.20 bits per heavy atom. The minimum Gasteiger partial charge on any atom is -0.486 e. The van der Waals surface area contributed by atoms with E-state index >= 15 is 0 Å². The molecule has 0 atom stereocenters. The summed E-state index contributed by atoms with van der Waals surface area (Å²) in [4.78, 5) is 4.60. The topological polar surface area (TPSA) is 53.7 Å². The fraction of sp³-hybridized carbons (Fsp3) is 0.400. The van der Waals surface area contributed by atoms with Gasteiger partial charge in [0, 0.05) is 17.2 Å². The van der Waals surface area contributed by atoms with Crippen molar-refractivity contribution >= 4 is 11.6 Å². The Morgan fingerprint density at radius 3 is 2.93 bits per heavy atom. The zero-order chi connectivity index (χ0) is 10.8. The third kappa shape index (κ3) is 1.88. The van der Waals surface area contributed by atoms with Gasteiger partial charge in [0.05, 0.1) is 11.6 Å². The SMILES string of the molecule is Cc1c(CON)c(Cl)cc2c1OCCO2. The third-order valence-corrected chi connectivity index (χ3v) is 2.72. The van der Waals surface area contributed by atoms with Crippen molar-refractivity contribution in [2.24, 2.45) is 5.90 Å². The minimum atomic E-state index is 0.265. The van der Waals surface area contributed by atoms with Gasteiger partial charge in [0.15, 0.2) is 11.5 Å². The second-order valence-electron chi connectivity index (χ2n) is 3.30. The summed E-state index contributed by atoms with van der Waals surface area (Å²) >= 11 is 6.07. The molecule has 5 heteroatoms. The van der Waals surface area contributed by atoms with Crippen LogP contribution in [0.1, 0.15) is 11.1 Å². The molecule has 2 rings (SSSR count). The summed E-state index contributed by atoms with van der Waals surface area (Å²) in [5.41, 5.74) is 1.76. The molecule has 0 fully saturated rings. The molecule has 0 amide bonds. The first-order chi connectivity index (χ1) is 7.24. The number of nitrogens with two attached hydrogens (primary N) is 1. The smallest absolute Gasteiger partial charge is 0.164 e. The Bertz CT molecular complexity index is 381. The quantitative estimate of drug-likeness (QED) is 0.786. The highest BCUT2D eigenvalue weighted by Gasteiger charge is 2.19. The van der Waals surface area contributed by atoms with Crippen LogP contribution >= 0.6 is 11.6 Å². The summed E-state index contributed by atoms with van der Waals surface area (Å²) in [5, 5.41) is 0.585. The predicted octanol–water partition coefficient (Wildman–Crippen LogP) is 1.81. The van der Waals surface area contributed by atoms with E-state index < -0.39 is 0 Å². The highest BCUT2D eigenvalue weighted by Crippen LogP contribution is 2.39. The van der Waals surface area contributed by atoms with Crippen LogP contribution in [-0.4, -0.2) is 13.2 Å². The van der Waals surface area contributed by atoms with Gasteiger partial charge in [0.25, 0.3) is 0 Å². The van der Waals surface area contributed by atoms with Gasteiger partial charge in [-0.3, -0.25) is 4.84 Å². The maximum Gasteiger partial charge on any atom is 0.164 e. The molecule has 82 valence electrons. The fourth-order valence-corrected chi connectivity index (χ4v) is 1.91. The zero-order valence-corrected chi connectivity index (χ0v) is 9.13. The lowest BCUT2D eigenvalue weighted by Crippen LogP contribution is -2.17. The highest BCUT2D eigenvalue weighted by molar-refractivity contribution is 6.31. The van der Waals surface area contributed by atoms with E-state index in [-0.39, 0.29) is 6.61 Å². The summed E-state index contributed by atoms with van der Waals surface area (Å²) in [6.45, 7) is 3.28. The number of hydrogen-bond acceptors (Lipinski definition) is 4. The van der Waals surface area contributed by atoms with E-state index in [2.05, 4.69) is 4.84 Å². The molecule has 1 heterocycles. The average molecular weight is 230 g/mol. The number of fused-ring (bicyclic) bond motifs is 1. The molecule has 4 nitrogen and oxygen atoms in total. The molecule has 1 aliphatic heterocycles. The molecule has 15 heavy (non-hydrogen) atoms. The molecule has 1 aromatic rings. The lowest BCUT2D eigenvalue weighted by atomic mass is 10.1. The van der Waals surface area contributed by atoms with E-state index in [4.69, 9.17) is 27.0 Å². The van der Waals surface area contributed by atoms with Crippen LogP contribution in [0.2, 0.25) is 5.02 Å². The second kappa shape index (κ2) is 4.26. The molecular weight excluding hydrogens is 218 g/mol. The minimum absolute atomic E-state index is 0.265. The summed E-state index contributed by atoms with van der Waals surface area (Å²) in [5.74, 6) is 6.46. The average Bonchev–Trinajstić information content (AvgIpc) is 2.24. The van der Waals surface area contributed by atoms with Gasteiger partial charge < -0.3 is 9.47 Å². The van der Waals surface area contributed by atoms with E-state index in [9.17, 15) is 0 Å². The van der Waals surface area contributed by atoms with E-state index in [1.54, 1.807) is 6.07 Å². The van der Waals surface area contributed by atoms with Gasteiger partial charge in [-0.2, -0.15) is 0 Å². The fourth-order valence-electron chi connectivity index (χ4n) is 1.61. The van der Waals surface area contributed by atoms with Crippen molar-refractivity contribution in [1.29, 1.82) is 0 Å². The molecule has 0 radical (unpaired) electrons. The van der Waals surface area contributed by atoms with Crippen molar-refractivity contribution in [3.63, 3.8) is 0 Å². The number of ether oxygens (including phenoxy) is 2. The lowest BCUT2D eigenvalue weighted by molar-refractivity contribution is 0.122. The van der Waals surface area contributed by atoms with Crippen LogP contribution in [0.25, 0.3) is 0 Å². The molecule has 2 N–H and O–H groups in total. The maximum atomic E-state index is 6.07. The molecule has 1 aromatic carbocycles. The van der Waals surface area contributed by atoms with Gasteiger partial charge in [-0.25, -0.2) is 5.90 Å². The van der Waals surface area contributed by atoms with Gasteiger partial charge in [0.1, 0.15) is 13.2 Å². The number of halogens is 1. The van der Waals surface area contributed by atoms with E-state index in [0.29, 0.717) is 24.0 Å². The van der Waals surface area contributed by atoms with Crippen LogP contribution in [0.4, 0.5) is 0 Å². The second-order valence-corrected chi connectivity index (χ2v) is 3.70. The van der Waals surface area contributed by atoms with Gasteiger partial charge >= 0.3 is 0 Å². The maximum absolute atomic E-state index is 6.07. The molecule has 0 saturated carbocycles. The Kier molecular flexibility index (Phi) is 3.00. The molecule has 0 aromatic heterocycles. The van der Waals surface area contributed by atoms with Gasteiger partial charge in [-0.1, -0.05) is 11.6 Å². The zero-order valence-electron chi connectivity index (χ0n) is 8.38. The van der Waals surface area contributed by atoms with Crippen molar-refractivity contribution in [2.75, 3.05) is 13.2 Å². The number of hydrogen-bond donors (Lipinski definition) is 1. The van der Waals surface area contributed by atoms with Crippen LogP contribution < -0.4 is 15.4 Å². The summed E-state index contributed by atoms with van der Waals surface area (Å²) in [6.07, 6.45) is 0. The first-order valence-corrected chi connectivity index (χ1v) is 5.01. The lowest BCUT2D eigenvalue weighted by Gasteiger charge is -2.22. The number of rotatable bonds is 2. The van der Waals surface area contributed by atoms with E-state index in [1.165, 1.54) is 0 Å². The molecule has 0 aliphatic carbocycles. The van der Waals surface area contributed by atoms with Crippen molar-refractivity contribution in [2.45, 2.75) is 13.5 Å². The monoisotopic (exact) mass is 229 g/mol. The third-order valence-electron chi connectivity index (χ3n) is 2.38. The Labute approximate surface area is 92.8 Å². The molecule has 0 spiro atoms.